The van der Waals surface area contributed by atoms with E-state index >= 15 is 0 Å². The molecular formula is C22H23FN4O3S. The van der Waals surface area contributed by atoms with E-state index in [2.05, 4.69) is 15.5 Å². The van der Waals surface area contributed by atoms with E-state index in [1.807, 2.05) is 0 Å². The molecule has 4 rings (SSSR count). The number of carbonyl (C=O) groups is 1. The number of hydrogen-bond acceptors (Lipinski definition) is 4. The van der Waals surface area contributed by atoms with E-state index in [0.29, 0.717) is 29.9 Å². The van der Waals surface area contributed by atoms with Crippen molar-refractivity contribution in [1.82, 2.24) is 19.8 Å². The largest absolute Gasteiger partial charge is 0.348 e. The zero-order chi connectivity index (χ0) is 21.8. The number of nitrogens with zero attached hydrogens (tertiary/aromatic N) is 2. The number of nitrogens with one attached hydrogen (secondary N) is 2. The van der Waals surface area contributed by atoms with Crippen LogP contribution >= 0.6 is 0 Å². The Kier molecular flexibility index (Phi) is 6.15. The molecule has 7 nitrogen and oxygen atoms in total. The average molecular weight is 443 g/mol. The fourth-order valence-corrected chi connectivity index (χ4v) is 5.12. The van der Waals surface area contributed by atoms with Gasteiger partial charge in [-0.1, -0.05) is 18.6 Å². The maximum Gasteiger partial charge on any atom is 0.255 e. The van der Waals surface area contributed by atoms with Gasteiger partial charge in [0, 0.05) is 25.2 Å². The number of hydrogen-bond donors (Lipinski definition) is 2. The number of benzene rings is 2. The fraction of sp³-hybridized carbons (Fsp3) is 0.273. The van der Waals surface area contributed by atoms with Gasteiger partial charge in [-0.2, -0.15) is 9.40 Å². The maximum absolute atomic E-state index is 13.2. The van der Waals surface area contributed by atoms with E-state index in [0.717, 1.165) is 24.8 Å². The Morgan fingerprint density at radius 1 is 1.03 bits per heavy atom. The molecule has 1 aromatic heterocycles. The molecule has 31 heavy (non-hydrogen) atoms. The highest BCUT2D eigenvalue weighted by Gasteiger charge is 2.25. The Balaban J connectivity index is 1.42. The fourth-order valence-electron chi connectivity index (χ4n) is 3.61. The molecule has 3 aromatic rings. The molecule has 0 aliphatic carbocycles. The number of piperidine rings is 1. The third-order valence-electron chi connectivity index (χ3n) is 5.35. The lowest BCUT2D eigenvalue weighted by atomic mass is 10.1. The third-order valence-corrected chi connectivity index (χ3v) is 7.26. The predicted octanol–water partition coefficient (Wildman–Crippen LogP) is 3.32. The van der Waals surface area contributed by atoms with Gasteiger partial charge in [-0.25, -0.2) is 12.8 Å². The maximum atomic E-state index is 13.2. The molecule has 0 saturated carbocycles. The molecular weight excluding hydrogens is 419 g/mol. The quantitative estimate of drug-likeness (QED) is 0.612. The molecule has 1 fully saturated rings. The normalized spacial score (nSPS) is 15.0. The summed E-state index contributed by atoms with van der Waals surface area (Å²) in [6, 6.07) is 12.3. The van der Waals surface area contributed by atoms with Crippen molar-refractivity contribution in [1.29, 1.82) is 0 Å². The number of amides is 1. The van der Waals surface area contributed by atoms with Crippen LogP contribution in [-0.2, 0) is 16.6 Å². The Morgan fingerprint density at radius 3 is 2.39 bits per heavy atom. The molecule has 2 aromatic carbocycles. The van der Waals surface area contributed by atoms with Gasteiger partial charge >= 0.3 is 0 Å². The lowest BCUT2D eigenvalue weighted by Gasteiger charge is -2.25. The monoisotopic (exact) mass is 442 g/mol. The van der Waals surface area contributed by atoms with Crippen LogP contribution < -0.4 is 5.32 Å². The molecule has 1 aliphatic rings. The molecule has 0 radical (unpaired) electrons. The lowest BCUT2D eigenvalue weighted by Crippen LogP contribution is -2.35. The van der Waals surface area contributed by atoms with E-state index in [9.17, 15) is 17.6 Å². The summed E-state index contributed by atoms with van der Waals surface area (Å²) in [7, 11) is -3.48. The van der Waals surface area contributed by atoms with E-state index in [1.54, 1.807) is 36.4 Å². The van der Waals surface area contributed by atoms with Gasteiger partial charge in [-0.15, -0.1) is 0 Å². The van der Waals surface area contributed by atoms with E-state index in [-0.39, 0.29) is 23.2 Å². The van der Waals surface area contributed by atoms with Crippen LogP contribution in [0.2, 0.25) is 0 Å². The van der Waals surface area contributed by atoms with Gasteiger partial charge in [0.15, 0.2) is 0 Å². The molecule has 2 heterocycles. The minimum absolute atomic E-state index is 0.233. The highest BCUT2D eigenvalue weighted by Crippen LogP contribution is 2.22. The number of aromatic nitrogens is 2. The van der Waals surface area contributed by atoms with E-state index in [4.69, 9.17) is 0 Å². The van der Waals surface area contributed by atoms with Gasteiger partial charge in [0.2, 0.25) is 10.0 Å². The summed E-state index contributed by atoms with van der Waals surface area (Å²) in [4.78, 5) is 12.9. The van der Waals surface area contributed by atoms with Crippen molar-refractivity contribution < 1.29 is 17.6 Å². The van der Waals surface area contributed by atoms with Crippen LogP contribution in [0.15, 0.2) is 59.6 Å². The van der Waals surface area contributed by atoms with Crippen molar-refractivity contribution in [3.05, 3.63) is 71.7 Å². The lowest BCUT2D eigenvalue weighted by molar-refractivity contribution is 0.0951. The van der Waals surface area contributed by atoms with Crippen molar-refractivity contribution in [3.63, 3.8) is 0 Å². The van der Waals surface area contributed by atoms with Crippen molar-refractivity contribution >= 4 is 15.9 Å². The number of aromatic amines is 1. The first-order valence-corrected chi connectivity index (χ1v) is 11.6. The van der Waals surface area contributed by atoms with E-state index in [1.165, 1.54) is 22.6 Å². The summed E-state index contributed by atoms with van der Waals surface area (Å²) in [5, 5.41) is 9.51. The van der Waals surface area contributed by atoms with Crippen molar-refractivity contribution in [2.24, 2.45) is 0 Å². The minimum Gasteiger partial charge on any atom is -0.348 e. The number of rotatable bonds is 6. The molecule has 162 valence electrons. The molecule has 1 saturated heterocycles. The standard InChI is InChI=1S/C22H23FN4O3S/c23-18-8-6-17(7-9-18)21-20(15-25-26-21)22(28)24-14-16-4-10-19(11-5-16)31(29,30)27-12-2-1-3-13-27/h4-11,15H,1-3,12-14H2,(H,24,28)(H,25,26). The van der Waals surface area contributed by atoms with Crippen LogP contribution in [0.4, 0.5) is 4.39 Å². The molecule has 0 unspecified atom stereocenters. The van der Waals surface area contributed by atoms with Crippen LogP contribution in [0.3, 0.4) is 0 Å². The molecule has 0 spiro atoms. The van der Waals surface area contributed by atoms with E-state index < -0.39 is 10.0 Å². The third kappa shape index (κ3) is 4.67. The predicted molar refractivity (Wildman–Crippen MR) is 114 cm³/mol. The first-order chi connectivity index (χ1) is 14.9. The summed E-state index contributed by atoms with van der Waals surface area (Å²) in [6.45, 7) is 1.35. The van der Waals surface area contributed by atoms with Gasteiger partial charge in [-0.05, 0) is 54.8 Å². The molecule has 0 bridgehead atoms. The van der Waals surface area contributed by atoms with Crippen molar-refractivity contribution in [2.75, 3.05) is 13.1 Å². The molecule has 0 atom stereocenters. The second kappa shape index (κ2) is 8.99. The Morgan fingerprint density at radius 2 is 1.71 bits per heavy atom. The highest BCUT2D eigenvalue weighted by atomic mass is 32.2. The average Bonchev–Trinajstić information content (AvgIpc) is 3.29. The SMILES string of the molecule is O=C(NCc1ccc(S(=O)(=O)N2CCCCC2)cc1)c1cn[nH]c1-c1ccc(F)cc1. The zero-order valence-electron chi connectivity index (χ0n) is 16.8. The smallest absolute Gasteiger partial charge is 0.255 e. The van der Waals surface area contributed by atoms with Gasteiger partial charge in [-0.3, -0.25) is 9.89 Å². The Bertz CT molecular complexity index is 1150. The van der Waals surface area contributed by atoms with Gasteiger partial charge < -0.3 is 5.32 Å². The van der Waals surface area contributed by atoms with Gasteiger partial charge in [0.25, 0.3) is 5.91 Å². The molecule has 2 N–H and O–H groups in total. The number of carbonyl (C=O) groups excluding carboxylic acids is 1. The Hall–Kier alpha value is -3.04. The van der Waals surface area contributed by atoms with Crippen molar-refractivity contribution in [3.8, 4) is 11.3 Å². The van der Waals surface area contributed by atoms with Crippen LogP contribution in [-0.4, -0.2) is 41.9 Å². The Labute approximate surface area is 180 Å². The first-order valence-electron chi connectivity index (χ1n) is 10.1. The molecule has 1 amide bonds. The summed E-state index contributed by atoms with van der Waals surface area (Å²) < 4.78 is 40.2. The van der Waals surface area contributed by atoms with Crippen LogP contribution in [0.25, 0.3) is 11.3 Å². The number of sulfonamides is 1. The highest BCUT2D eigenvalue weighted by molar-refractivity contribution is 7.89. The van der Waals surface area contributed by atoms with Crippen LogP contribution in [0.1, 0.15) is 35.2 Å². The zero-order valence-corrected chi connectivity index (χ0v) is 17.7. The van der Waals surface area contributed by atoms with Gasteiger partial charge in [0.05, 0.1) is 22.3 Å². The molecule has 9 heteroatoms. The molecule has 1 aliphatic heterocycles. The van der Waals surface area contributed by atoms with Crippen molar-refractivity contribution in [2.45, 2.75) is 30.7 Å². The summed E-state index contributed by atoms with van der Waals surface area (Å²) >= 11 is 0. The van der Waals surface area contributed by atoms with Crippen LogP contribution in [0.5, 0.6) is 0 Å². The topological polar surface area (TPSA) is 95.2 Å². The first kappa shape index (κ1) is 21.2. The van der Waals surface area contributed by atoms with Crippen LogP contribution in [0, 0.1) is 5.82 Å². The minimum atomic E-state index is -3.48. The second-order valence-corrected chi connectivity index (χ2v) is 9.39. The van der Waals surface area contributed by atoms with Gasteiger partial charge in [0.1, 0.15) is 5.82 Å². The summed E-state index contributed by atoms with van der Waals surface area (Å²) in [5.41, 5.74) is 2.27. The summed E-state index contributed by atoms with van der Waals surface area (Å²) in [5.74, 6) is -0.696. The summed E-state index contributed by atoms with van der Waals surface area (Å²) in [6.07, 6.45) is 4.25. The number of halogens is 1. The second-order valence-electron chi connectivity index (χ2n) is 7.46. The number of H-pyrrole nitrogens is 1.